The van der Waals surface area contributed by atoms with Gasteiger partial charge in [0.1, 0.15) is 6.20 Å². The van der Waals surface area contributed by atoms with Gasteiger partial charge in [-0.15, -0.1) is 0 Å². The second-order valence-electron chi connectivity index (χ2n) is 3.29. The fourth-order valence-corrected chi connectivity index (χ4v) is 1.81. The van der Waals surface area contributed by atoms with Crippen molar-refractivity contribution in [3.05, 3.63) is 58.3 Å². The van der Waals surface area contributed by atoms with Crippen LogP contribution in [-0.4, -0.2) is 16.1 Å². The molecule has 0 bridgehead atoms. The molecule has 0 unspecified atom stereocenters. The molecule has 5 nitrogen and oxygen atoms in total. The van der Waals surface area contributed by atoms with Crippen LogP contribution in [0.25, 0.3) is 6.08 Å². The Hall–Kier alpha value is -2.34. The summed E-state index contributed by atoms with van der Waals surface area (Å²) in [6, 6.07) is 9.78. The molecule has 0 atom stereocenters. The third-order valence-electron chi connectivity index (χ3n) is 2.02. The van der Waals surface area contributed by atoms with Crippen LogP contribution < -0.4 is 0 Å². The maximum atomic E-state index is 10.4. The zero-order valence-corrected chi connectivity index (χ0v) is 10.1. The molecule has 0 spiro atoms. The van der Waals surface area contributed by atoms with Crippen molar-refractivity contribution in [1.82, 2.24) is 4.98 Å². The van der Waals surface area contributed by atoms with Gasteiger partial charge in [-0.1, -0.05) is 36.4 Å². The maximum absolute atomic E-state index is 10.4. The summed E-state index contributed by atoms with van der Waals surface area (Å²) >= 11 is 0.945. The normalized spacial score (nSPS) is 11.3. The lowest BCUT2D eigenvalue weighted by molar-refractivity contribution is -0.380. The van der Waals surface area contributed by atoms with Crippen molar-refractivity contribution in [2.24, 2.45) is 4.99 Å². The lowest BCUT2D eigenvalue weighted by atomic mass is 10.2. The molecule has 0 saturated carbocycles. The Bertz CT molecular complexity index is 590. The van der Waals surface area contributed by atoms with Gasteiger partial charge in [-0.25, -0.2) is 9.98 Å². The van der Waals surface area contributed by atoms with Crippen LogP contribution in [0.1, 0.15) is 5.56 Å². The molecule has 2 aromatic rings. The highest BCUT2D eigenvalue weighted by Gasteiger charge is 2.09. The lowest BCUT2D eigenvalue weighted by Gasteiger charge is -1.87. The first kappa shape index (κ1) is 12.1. The van der Waals surface area contributed by atoms with E-state index in [0.717, 1.165) is 16.9 Å². The monoisotopic (exact) mass is 259 g/mol. The summed E-state index contributed by atoms with van der Waals surface area (Å²) in [6.45, 7) is 0. The van der Waals surface area contributed by atoms with Gasteiger partial charge < -0.3 is 0 Å². The first-order valence-electron chi connectivity index (χ1n) is 5.12. The van der Waals surface area contributed by atoms with E-state index in [2.05, 4.69) is 9.98 Å². The van der Waals surface area contributed by atoms with Crippen LogP contribution in [0.3, 0.4) is 0 Å². The second-order valence-corrected chi connectivity index (χ2v) is 4.27. The predicted octanol–water partition coefficient (Wildman–Crippen LogP) is 3.47. The average molecular weight is 259 g/mol. The van der Waals surface area contributed by atoms with Gasteiger partial charge in [-0.2, -0.15) is 0 Å². The van der Waals surface area contributed by atoms with Crippen LogP contribution in [0.5, 0.6) is 0 Å². The molecular weight excluding hydrogens is 250 g/mol. The summed E-state index contributed by atoms with van der Waals surface area (Å²) in [5, 5.41) is 10.8. The first-order chi connectivity index (χ1) is 8.75. The summed E-state index contributed by atoms with van der Waals surface area (Å²) in [4.78, 5) is 17.8. The number of thiazole rings is 1. The highest BCUT2D eigenvalue weighted by molar-refractivity contribution is 7.18. The van der Waals surface area contributed by atoms with Crippen LogP contribution in [0.2, 0.25) is 0 Å². The van der Waals surface area contributed by atoms with Gasteiger partial charge in [0.15, 0.2) is 0 Å². The summed E-state index contributed by atoms with van der Waals surface area (Å²) in [5.74, 6) is 0. The fraction of sp³-hybridized carbons (Fsp3) is 0. The number of hydrogen-bond acceptors (Lipinski definition) is 5. The average Bonchev–Trinajstić information content (AvgIpc) is 2.85. The maximum Gasteiger partial charge on any atom is 0.345 e. The molecule has 0 aliphatic heterocycles. The minimum atomic E-state index is -0.476. The smallest absolute Gasteiger partial charge is 0.257 e. The zero-order chi connectivity index (χ0) is 12.8. The van der Waals surface area contributed by atoms with Crippen LogP contribution >= 0.6 is 11.3 Å². The van der Waals surface area contributed by atoms with E-state index < -0.39 is 4.92 Å². The Morgan fingerprint density at radius 2 is 2.11 bits per heavy atom. The first-order valence-corrected chi connectivity index (χ1v) is 5.93. The van der Waals surface area contributed by atoms with Gasteiger partial charge in [0.25, 0.3) is 0 Å². The highest BCUT2D eigenvalue weighted by Crippen LogP contribution is 2.26. The summed E-state index contributed by atoms with van der Waals surface area (Å²) in [7, 11) is 0. The van der Waals surface area contributed by atoms with Gasteiger partial charge in [0, 0.05) is 6.21 Å². The topological polar surface area (TPSA) is 68.4 Å². The quantitative estimate of drug-likeness (QED) is 0.479. The molecule has 1 aromatic heterocycles. The van der Waals surface area contributed by atoms with E-state index >= 15 is 0 Å². The number of nitro groups is 1. The second kappa shape index (κ2) is 5.83. The lowest BCUT2D eigenvalue weighted by Crippen LogP contribution is -1.80. The van der Waals surface area contributed by atoms with Crippen molar-refractivity contribution in [3.63, 3.8) is 0 Å². The molecule has 0 aliphatic rings. The van der Waals surface area contributed by atoms with Gasteiger partial charge in [-0.05, 0) is 23.0 Å². The number of aliphatic imine (C=N–C) groups is 1. The Labute approximate surface area is 107 Å². The van der Waals surface area contributed by atoms with E-state index in [4.69, 9.17) is 0 Å². The minimum absolute atomic E-state index is 0.00538. The summed E-state index contributed by atoms with van der Waals surface area (Å²) in [5.41, 5.74) is 1.06. The molecule has 6 heteroatoms. The van der Waals surface area contributed by atoms with Crippen molar-refractivity contribution in [3.8, 4) is 0 Å². The van der Waals surface area contributed by atoms with Gasteiger partial charge >= 0.3 is 5.00 Å². The standard InChI is InChI=1S/C12H9N3O2S/c16-15(17)11-9-14-12(18-11)13-8-4-7-10-5-2-1-3-6-10/h1-9H/b7-4-,13-8-. The van der Waals surface area contributed by atoms with E-state index in [9.17, 15) is 10.1 Å². The third kappa shape index (κ3) is 3.33. The molecule has 0 N–H and O–H groups in total. The number of nitrogens with zero attached hydrogens (tertiary/aromatic N) is 3. The van der Waals surface area contributed by atoms with Crippen molar-refractivity contribution >= 4 is 33.8 Å². The van der Waals surface area contributed by atoms with E-state index in [1.807, 2.05) is 36.4 Å². The van der Waals surface area contributed by atoms with Crippen molar-refractivity contribution in [1.29, 1.82) is 0 Å². The minimum Gasteiger partial charge on any atom is -0.257 e. The van der Waals surface area contributed by atoms with Crippen molar-refractivity contribution in [2.45, 2.75) is 0 Å². The Morgan fingerprint density at radius 3 is 2.78 bits per heavy atom. The fourth-order valence-electron chi connectivity index (χ4n) is 1.23. The molecule has 0 amide bonds. The molecule has 18 heavy (non-hydrogen) atoms. The van der Waals surface area contributed by atoms with E-state index in [1.54, 1.807) is 12.3 Å². The molecule has 1 heterocycles. The number of hydrogen-bond donors (Lipinski definition) is 0. The van der Waals surface area contributed by atoms with Crippen molar-refractivity contribution < 1.29 is 4.92 Å². The molecule has 0 radical (unpaired) electrons. The molecule has 1 aromatic carbocycles. The van der Waals surface area contributed by atoms with E-state index in [-0.39, 0.29) is 5.00 Å². The van der Waals surface area contributed by atoms with Gasteiger partial charge in [0.2, 0.25) is 5.13 Å². The van der Waals surface area contributed by atoms with Gasteiger partial charge in [0.05, 0.1) is 4.92 Å². The number of allylic oxidation sites excluding steroid dienone is 1. The summed E-state index contributed by atoms with van der Waals surface area (Å²) in [6.07, 6.45) is 6.43. The van der Waals surface area contributed by atoms with Crippen molar-refractivity contribution in [2.75, 3.05) is 0 Å². The van der Waals surface area contributed by atoms with Crippen LogP contribution in [0.4, 0.5) is 10.1 Å². The SMILES string of the molecule is O=[N+]([O-])c1cnc(/N=C\C=C/c2ccccc2)s1. The number of benzene rings is 1. The summed E-state index contributed by atoms with van der Waals surface area (Å²) < 4.78 is 0. The Kier molecular flexibility index (Phi) is 3.93. The van der Waals surface area contributed by atoms with Crippen LogP contribution in [-0.2, 0) is 0 Å². The van der Waals surface area contributed by atoms with E-state index in [1.165, 1.54) is 6.20 Å². The number of aromatic nitrogens is 1. The molecule has 0 fully saturated rings. The zero-order valence-electron chi connectivity index (χ0n) is 9.26. The molecule has 0 aliphatic carbocycles. The largest absolute Gasteiger partial charge is 0.345 e. The molecule has 2 rings (SSSR count). The predicted molar refractivity (Wildman–Crippen MR) is 72.4 cm³/mol. The van der Waals surface area contributed by atoms with Crippen LogP contribution in [0, 0.1) is 10.1 Å². The third-order valence-corrected chi connectivity index (χ3v) is 2.88. The molecule has 90 valence electrons. The van der Waals surface area contributed by atoms with Crippen LogP contribution in [0.15, 0.2) is 47.6 Å². The van der Waals surface area contributed by atoms with E-state index in [0.29, 0.717) is 5.13 Å². The Morgan fingerprint density at radius 1 is 1.33 bits per heavy atom. The highest BCUT2D eigenvalue weighted by atomic mass is 32.1. The molecule has 0 saturated heterocycles. The van der Waals surface area contributed by atoms with Gasteiger partial charge in [-0.3, -0.25) is 10.1 Å². The molecular formula is C12H9N3O2S. The Balaban J connectivity index is 1.99. The number of rotatable bonds is 4.